The molecule has 3 rings (SSSR count). The lowest BCUT2D eigenvalue weighted by atomic mass is 9.96. The molecular formula is C24H33N3O4S2. The number of nitrogens with zero attached hydrogens (tertiary/aromatic N) is 2. The van der Waals surface area contributed by atoms with Crippen molar-refractivity contribution in [2.45, 2.75) is 55.5 Å². The second-order valence-electron chi connectivity index (χ2n) is 8.50. The quantitative estimate of drug-likeness (QED) is 0.527. The molecule has 33 heavy (non-hydrogen) atoms. The second-order valence-corrected chi connectivity index (χ2v) is 11.4. The predicted molar refractivity (Wildman–Crippen MR) is 131 cm³/mol. The Hall–Kier alpha value is -2.10. The molecule has 2 aromatic rings. The molecule has 1 N–H and O–H groups in total. The molecule has 9 heteroatoms. The van der Waals surface area contributed by atoms with E-state index in [4.69, 9.17) is 4.74 Å². The van der Waals surface area contributed by atoms with Crippen LogP contribution in [-0.4, -0.2) is 49.6 Å². The zero-order chi connectivity index (χ0) is 23.8. The summed E-state index contributed by atoms with van der Waals surface area (Å²) >= 11 is 1.29. The highest BCUT2D eigenvalue weighted by atomic mass is 32.2. The van der Waals surface area contributed by atoms with Gasteiger partial charge < -0.3 is 10.1 Å². The van der Waals surface area contributed by atoms with E-state index in [-0.39, 0.29) is 28.5 Å². The van der Waals surface area contributed by atoms with Crippen LogP contribution in [0.25, 0.3) is 0 Å². The molecule has 2 heterocycles. The third-order valence-electron chi connectivity index (χ3n) is 5.72. The number of methoxy groups -OCH3 is 1. The van der Waals surface area contributed by atoms with Crippen molar-refractivity contribution in [1.82, 2.24) is 14.6 Å². The minimum Gasteiger partial charge on any atom is -0.497 e. The maximum Gasteiger partial charge on any atom is 0.244 e. The number of sulfonamides is 1. The number of benzene rings is 1. The number of rotatable bonds is 9. The van der Waals surface area contributed by atoms with E-state index in [2.05, 4.69) is 24.1 Å². The number of ether oxygens (including phenoxy) is 1. The predicted octanol–water partition coefficient (Wildman–Crippen LogP) is 4.26. The highest BCUT2D eigenvalue weighted by molar-refractivity contribution is 7.99. The maximum atomic E-state index is 12.9. The van der Waals surface area contributed by atoms with Crippen molar-refractivity contribution in [3.8, 4) is 5.75 Å². The standard InChI is InChI=1S/C24H33N3O4S2/c1-18(2)24(19-8-10-20(31-3)11-9-19)26-22(28)17-32-23-13-12-21(16-25-23)33(29,30)27-14-6-4-5-7-15-27/h8-13,16,18,24H,4-7,14-15,17H2,1-3H3,(H,26,28)/t24-/m1/s1. The Labute approximate surface area is 201 Å². The molecule has 1 fully saturated rings. The average molecular weight is 492 g/mol. The molecule has 1 amide bonds. The summed E-state index contributed by atoms with van der Waals surface area (Å²) in [6, 6.07) is 10.8. The molecule has 180 valence electrons. The van der Waals surface area contributed by atoms with Crippen molar-refractivity contribution in [3.05, 3.63) is 48.2 Å². The lowest BCUT2D eigenvalue weighted by Crippen LogP contribution is -2.33. The van der Waals surface area contributed by atoms with E-state index in [9.17, 15) is 13.2 Å². The van der Waals surface area contributed by atoms with Crippen LogP contribution < -0.4 is 10.1 Å². The zero-order valence-corrected chi connectivity index (χ0v) is 21.1. The van der Waals surface area contributed by atoms with Crippen LogP contribution in [0.4, 0.5) is 0 Å². The Balaban J connectivity index is 1.58. The lowest BCUT2D eigenvalue weighted by Gasteiger charge is -2.23. The number of nitrogens with one attached hydrogen (secondary N) is 1. The van der Waals surface area contributed by atoms with Gasteiger partial charge in [-0.2, -0.15) is 4.31 Å². The van der Waals surface area contributed by atoms with Gasteiger partial charge in [-0.15, -0.1) is 0 Å². The van der Waals surface area contributed by atoms with Crippen molar-refractivity contribution < 1.29 is 17.9 Å². The van der Waals surface area contributed by atoms with E-state index in [1.54, 1.807) is 23.5 Å². The third-order valence-corrected chi connectivity index (χ3v) is 8.55. The van der Waals surface area contributed by atoms with E-state index in [1.807, 2.05) is 24.3 Å². The largest absolute Gasteiger partial charge is 0.497 e. The summed E-state index contributed by atoms with van der Waals surface area (Å²) in [5, 5.41) is 3.71. The first-order valence-electron chi connectivity index (χ1n) is 11.3. The second kappa shape index (κ2) is 11.9. The van der Waals surface area contributed by atoms with Crippen LogP contribution in [0.1, 0.15) is 51.1 Å². The number of hydrogen-bond acceptors (Lipinski definition) is 6. The number of amides is 1. The number of aromatic nitrogens is 1. The average Bonchev–Trinajstić information content (AvgIpc) is 3.12. The van der Waals surface area contributed by atoms with Gasteiger partial charge in [0.1, 0.15) is 10.6 Å². The monoisotopic (exact) mass is 491 g/mol. The molecule has 0 spiro atoms. The van der Waals surface area contributed by atoms with Crippen molar-refractivity contribution in [2.75, 3.05) is 26.0 Å². The topological polar surface area (TPSA) is 88.6 Å². The lowest BCUT2D eigenvalue weighted by molar-refractivity contribution is -0.119. The molecule has 1 aromatic carbocycles. The van der Waals surface area contributed by atoms with Gasteiger partial charge in [0.05, 0.1) is 23.9 Å². The van der Waals surface area contributed by atoms with Crippen LogP contribution >= 0.6 is 11.8 Å². The Morgan fingerprint density at radius 1 is 1.09 bits per heavy atom. The molecule has 0 aliphatic carbocycles. The van der Waals surface area contributed by atoms with E-state index < -0.39 is 10.0 Å². The van der Waals surface area contributed by atoms with E-state index in [0.717, 1.165) is 37.0 Å². The van der Waals surface area contributed by atoms with Crippen LogP contribution in [0.5, 0.6) is 5.75 Å². The molecule has 0 bridgehead atoms. The van der Waals surface area contributed by atoms with Crippen LogP contribution in [0, 0.1) is 5.92 Å². The molecule has 0 radical (unpaired) electrons. The van der Waals surface area contributed by atoms with Crippen LogP contribution in [0.3, 0.4) is 0 Å². The number of thioether (sulfide) groups is 1. The summed E-state index contributed by atoms with van der Waals surface area (Å²) in [7, 11) is -1.90. The number of carbonyl (C=O) groups excluding carboxylic acids is 1. The van der Waals surface area contributed by atoms with Gasteiger partial charge in [0.25, 0.3) is 0 Å². The third kappa shape index (κ3) is 6.94. The van der Waals surface area contributed by atoms with Gasteiger partial charge in [-0.05, 0) is 48.6 Å². The first-order valence-corrected chi connectivity index (χ1v) is 13.8. The first kappa shape index (κ1) is 25.5. The maximum absolute atomic E-state index is 12.9. The van der Waals surface area contributed by atoms with Crippen molar-refractivity contribution in [1.29, 1.82) is 0 Å². The summed E-state index contributed by atoms with van der Waals surface area (Å²) < 4.78 is 32.5. The highest BCUT2D eigenvalue weighted by Crippen LogP contribution is 2.25. The summed E-state index contributed by atoms with van der Waals surface area (Å²) in [4.78, 5) is 17.1. The molecule has 1 aliphatic rings. The van der Waals surface area contributed by atoms with Gasteiger partial charge in [0.15, 0.2) is 0 Å². The van der Waals surface area contributed by atoms with Crippen LogP contribution in [0.15, 0.2) is 52.5 Å². The van der Waals surface area contributed by atoms with E-state index in [1.165, 1.54) is 18.0 Å². The molecule has 1 aliphatic heterocycles. The van der Waals surface area contributed by atoms with E-state index in [0.29, 0.717) is 18.1 Å². The fourth-order valence-corrected chi connectivity index (χ4v) is 5.95. The summed E-state index contributed by atoms with van der Waals surface area (Å²) in [6.07, 6.45) is 5.32. The smallest absolute Gasteiger partial charge is 0.244 e. The minimum atomic E-state index is -3.52. The number of carbonyl (C=O) groups is 1. The number of pyridine rings is 1. The number of hydrogen-bond donors (Lipinski definition) is 1. The minimum absolute atomic E-state index is 0.0995. The molecule has 1 saturated heterocycles. The van der Waals surface area contributed by atoms with Crippen LogP contribution in [-0.2, 0) is 14.8 Å². The fourth-order valence-electron chi connectivity index (χ4n) is 3.84. The molecule has 1 atom stereocenters. The molecule has 0 saturated carbocycles. The van der Waals surface area contributed by atoms with Crippen molar-refractivity contribution in [3.63, 3.8) is 0 Å². The van der Waals surface area contributed by atoms with Gasteiger partial charge in [0.2, 0.25) is 15.9 Å². The SMILES string of the molecule is COc1ccc([C@H](NC(=O)CSc2ccc(S(=O)(=O)N3CCCCCC3)cn2)C(C)C)cc1. The summed E-state index contributed by atoms with van der Waals surface area (Å²) in [5.41, 5.74) is 1.02. The molecule has 1 aromatic heterocycles. The molecule has 0 unspecified atom stereocenters. The Morgan fingerprint density at radius 2 is 1.76 bits per heavy atom. The van der Waals surface area contributed by atoms with Gasteiger partial charge >= 0.3 is 0 Å². The first-order chi connectivity index (χ1) is 15.8. The highest BCUT2D eigenvalue weighted by Gasteiger charge is 2.25. The Bertz CT molecular complexity index is 1000. The Kier molecular flexibility index (Phi) is 9.17. The fraction of sp³-hybridized carbons (Fsp3) is 0.500. The normalized spacial score (nSPS) is 16.2. The molecule has 7 nitrogen and oxygen atoms in total. The zero-order valence-electron chi connectivity index (χ0n) is 19.5. The molecular weight excluding hydrogens is 458 g/mol. The van der Waals surface area contributed by atoms with Crippen LogP contribution in [0.2, 0.25) is 0 Å². The van der Waals surface area contributed by atoms with E-state index >= 15 is 0 Å². The van der Waals surface area contributed by atoms with Gasteiger partial charge in [-0.3, -0.25) is 4.79 Å². The summed E-state index contributed by atoms with van der Waals surface area (Å²) in [5.74, 6) is 1.09. The summed E-state index contributed by atoms with van der Waals surface area (Å²) in [6.45, 7) is 5.25. The Morgan fingerprint density at radius 3 is 2.30 bits per heavy atom. The van der Waals surface area contributed by atoms with Gasteiger partial charge in [-0.1, -0.05) is 50.6 Å². The van der Waals surface area contributed by atoms with Crippen molar-refractivity contribution >= 4 is 27.7 Å². The van der Waals surface area contributed by atoms with Gasteiger partial charge in [-0.25, -0.2) is 13.4 Å². The van der Waals surface area contributed by atoms with Crippen molar-refractivity contribution in [2.24, 2.45) is 5.92 Å². The van der Waals surface area contributed by atoms with Gasteiger partial charge in [0, 0.05) is 19.3 Å².